The maximum absolute atomic E-state index is 13.1. The fourth-order valence-electron chi connectivity index (χ4n) is 4.29. The van der Waals surface area contributed by atoms with Crippen molar-refractivity contribution in [2.24, 2.45) is 5.92 Å². The smallest absolute Gasteiger partial charge is 0.236 e. The molecule has 0 saturated carbocycles. The molecule has 7 nitrogen and oxygen atoms in total. The van der Waals surface area contributed by atoms with E-state index in [1.807, 2.05) is 35.2 Å². The number of carbonyl (C=O) groups is 1. The molecule has 2 fully saturated rings. The van der Waals surface area contributed by atoms with Crippen molar-refractivity contribution in [3.05, 3.63) is 59.9 Å². The number of nitrogens with zero attached hydrogens (tertiary/aromatic N) is 3. The standard InChI is InChI=1S/C24H31N3O4/c28-22-6-3-4-20(12-22)13-26-15-23(31-18-21-5-1-2-9-25-21)16-27(24(29)17-26)14-19-7-10-30-11-8-19/h1-6,9,12,19,23,28H,7-8,10-11,13-18H2/t23-/m0/s1. The summed E-state index contributed by atoms with van der Waals surface area (Å²) >= 11 is 0. The molecule has 4 rings (SSSR count). The molecule has 2 aromatic rings. The number of amides is 1. The Morgan fingerprint density at radius 3 is 2.77 bits per heavy atom. The topological polar surface area (TPSA) is 75.1 Å². The molecule has 7 heteroatoms. The highest BCUT2D eigenvalue weighted by atomic mass is 16.5. The largest absolute Gasteiger partial charge is 0.508 e. The zero-order valence-corrected chi connectivity index (χ0v) is 17.9. The van der Waals surface area contributed by atoms with Crippen LogP contribution in [0.25, 0.3) is 0 Å². The van der Waals surface area contributed by atoms with Crippen LogP contribution in [0.4, 0.5) is 0 Å². The van der Waals surface area contributed by atoms with Crippen LogP contribution in [0.3, 0.4) is 0 Å². The monoisotopic (exact) mass is 425 g/mol. The number of aromatic hydroxyl groups is 1. The number of benzene rings is 1. The van der Waals surface area contributed by atoms with Crippen molar-refractivity contribution in [3.8, 4) is 5.75 Å². The molecule has 3 heterocycles. The first-order valence-corrected chi connectivity index (χ1v) is 11.0. The molecule has 2 aliphatic rings. The maximum Gasteiger partial charge on any atom is 0.236 e. The molecule has 1 aromatic carbocycles. The molecule has 2 saturated heterocycles. The number of aromatic nitrogens is 1. The number of hydrogen-bond donors (Lipinski definition) is 1. The van der Waals surface area contributed by atoms with E-state index in [4.69, 9.17) is 9.47 Å². The van der Waals surface area contributed by atoms with Crippen molar-refractivity contribution in [2.45, 2.75) is 32.1 Å². The summed E-state index contributed by atoms with van der Waals surface area (Å²) in [6, 6.07) is 13.0. The predicted octanol–water partition coefficient (Wildman–Crippen LogP) is 2.44. The van der Waals surface area contributed by atoms with Gasteiger partial charge in [-0.3, -0.25) is 14.7 Å². The van der Waals surface area contributed by atoms with Crippen LogP contribution in [0.1, 0.15) is 24.1 Å². The first-order valence-electron chi connectivity index (χ1n) is 11.0. The van der Waals surface area contributed by atoms with E-state index in [0.29, 0.717) is 38.7 Å². The van der Waals surface area contributed by atoms with Crippen molar-refractivity contribution in [1.82, 2.24) is 14.8 Å². The van der Waals surface area contributed by atoms with Crippen molar-refractivity contribution >= 4 is 5.91 Å². The molecule has 1 N–H and O–H groups in total. The first-order chi connectivity index (χ1) is 15.2. The van der Waals surface area contributed by atoms with Gasteiger partial charge in [0, 0.05) is 45.6 Å². The molecule has 0 radical (unpaired) electrons. The lowest BCUT2D eigenvalue weighted by Gasteiger charge is -2.30. The average molecular weight is 426 g/mol. The quantitative estimate of drug-likeness (QED) is 0.735. The zero-order chi connectivity index (χ0) is 21.5. The van der Waals surface area contributed by atoms with Crippen LogP contribution in [-0.2, 0) is 27.4 Å². The Morgan fingerprint density at radius 2 is 2.00 bits per heavy atom. The van der Waals surface area contributed by atoms with E-state index < -0.39 is 0 Å². The third-order valence-corrected chi connectivity index (χ3v) is 5.93. The van der Waals surface area contributed by atoms with E-state index in [1.165, 1.54) is 0 Å². The number of rotatable bonds is 7. The second-order valence-corrected chi connectivity index (χ2v) is 8.45. The van der Waals surface area contributed by atoms with Crippen LogP contribution in [-0.4, -0.2) is 71.3 Å². The summed E-state index contributed by atoms with van der Waals surface area (Å²) in [5, 5.41) is 9.80. The Kier molecular flexibility index (Phi) is 7.51. The van der Waals surface area contributed by atoms with E-state index in [-0.39, 0.29) is 17.8 Å². The van der Waals surface area contributed by atoms with Gasteiger partial charge in [0.05, 0.1) is 24.9 Å². The summed E-state index contributed by atoms with van der Waals surface area (Å²) in [4.78, 5) is 21.5. The average Bonchev–Trinajstić information content (AvgIpc) is 2.92. The molecular formula is C24H31N3O4. The van der Waals surface area contributed by atoms with Gasteiger partial charge >= 0.3 is 0 Å². The Balaban J connectivity index is 1.45. The summed E-state index contributed by atoms with van der Waals surface area (Å²) in [6.07, 6.45) is 3.65. The van der Waals surface area contributed by atoms with E-state index in [1.54, 1.807) is 18.3 Å². The fourth-order valence-corrected chi connectivity index (χ4v) is 4.29. The second kappa shape index (κ2) is 10.7. The molecule has 0 bridgehead atoms. The lowest BCUT2D eigenvalue weighted by Crippen LogP contribution is -2.42. The normalized spacial score (nSPS) is 21.2. The minimum Gasteiger partial charge on any atom is -0.508 e. The number of hydrogen-bond acceptors (Lipinski definition) is 6. The Bertz CT molecular complexity index is 842. The van der Waals surface area contributed by atoms with Crippen LogP contribution in [0, 0.1) is 5.92 Å². The van der Waals surface area contributed by atoms with E-state index in [9.17, 15) is 9.90 Å². The molecule has 1 amide bonds. The Morgan fingerprint density at radius 1 is 1.13 bits per heavy atom. The SMILES string of the molecule is O=C1CN(Cc2cccc(O)c2)C[C@H](OCc2ccccn2)CN1CC1CCOCC1. The molecule has 0 spiro atoms. The molecular weight excluding hydrogens is 394 g/mol. The van der Waals surface area contributed by atoms with Gasteiger partial charge in [-0.2, -0.15) is 0 Å². The minimum absolute atomic E-state index is 0.106. The third-order valence-electron chi connectivity index (χ3n) is 5.93. The molecule has 166 valence electrons. The number of phenolic OH excluding ortho intramolecular Hbond substituents is 1. The number of phenols is 1. The number of pyridine rings is 1. The lowest BCUT2D eigenvalue weighted by molar-refractivity contribution is -0.133. The summed E-state index contributed by atoms with van der Waals surface area (Å²) < 4.78 is 11.7. The zero-order valence-electron chi connectivity index (χ0n) is 17.9. The van der Waals surface area contributed by atoms with Gasteiger partial charge in [0.1, 0.15) is 5.75 Å². The summed E-state index contributed by atoms with van der Waals surface area (Å²) in [5.74, 6) is 0.852. The Labute approximate surface area is 183 Å². The van der Waals surface area contributed by atoms with Gasteiger partial charge in [0.25, 0.3) is 0 Å². The Hall–Kier alpha value is -2.48. The van der Waals surface area contributed by atoms with Crippen LogP contribution >= 0.6 is 0 Å². The van der Waals surface area contributed by atoms with Gasteiger partial charge in [-0.25, -0.2) is 0 Å². The summed E-state index contributed by atoms with van der Waals surface area (Å²) in [6.45, 7) is 4.90. The number of carbonyl (C=O) groups excluding carboxylic acids is 1. The van der Waals surface area contributed by atoms with Crippen LogP contribution in [0.15, 0.2) is 48.7 Å². The van der Waals surface area contributed by atoms with Crippen molar-refractivity contribution in [1.29, 1.82) is 0 Å². The fraction of sp³-hybridized carbons (Fsp3) is 0.500. The van der Waals surface area contributed by atoms with Gasteiger partial charge in [-0.15, -0.1) is 0 Å². The highest BCUT2D eigenvalue weighted by Gasteiger charge is 2.30. The third kappa shape index (κ3) is 6.50. The van der Waals surface area contributed by atoms with Crippen molar-refractivity contribution < 1.29 is 19.4 Å². The number of ether oxygens (including phenoxy) is 2. The first kappa shape index (κ1) is 21.7. The molecule has 31 heavy (non-hydrogen) atoms. The van der Waals surface area contributed by atoms with Gasteiger partial charge < -0.3 is 19.5 Å². The molecule has 1 atom stereocenters. The lowest BCUT2D eigenvalue weighted by atomic mass is 9.99. The highest BCUT2D eigenvalue weighted by Crippen LogP contribution is 2.20. The summed E-state index contributed by atoms with van der Waals surface area (Å²) in [7, 11) is 0. The van der Waals surface area contributed by atoms with Gasteiger partial charge in [0.2, 0.25) is 5.91 Å². The molecule has 0 aliphatic carbocycles. The van der Waals surface area contributed by atoms with Gasteiger partial charge in [-0.05, 0) is 48.6 Å². The van der Waals surface area contributed by atoms with E-state index >= 15 is 0 Å². The van der Waals surface area contributed by atoms with E-state index in [2.05, 4.69) is 9.88 Å². The molecule has 1 aromatic heterocycles. The van der Waals surface area contributed by atoms with Crippen LogP contribution < -0.4 is 0 Å². The van der Waals surface area contributed by atoms with Crippen molar-refractivity contribution in [2.75, 3.05) is 39.4 Å². The van der Waals surface area contributed by atoms with Gasteiger partial charge in [-0.1, -0.05) is 18.2 Å². The maximum atomic E-state index is 13.1. The van der Waals surface area contributed by atoms with Crippen molar-refractivity contribution in [3.63, 3.8) is 0 Å². The van der Waals surface area contributed by atoms with Crippen LogP contribution in [0.5, 0.6) is 5.75 Å². The minimum atomic E-state index is -0.106. The van der Waals surface area contributed by atoms with Gasteiger partial charge in [0.15, 0.2) is 0 Å². The van der Waals surface area contributed by atoms with Crippen LogP contribution in [0.2, 0.25) is 0 Å². The molecule has 2 aliphatic heterocycles. The second-order valence-electron chi connectivity index (χ2n) is 8.45. The highest BCUT2D eigenvalue weighted by molar-refractivity contribution is 5.78. The van der Waals surface area contributed by atoms with E-state index in [0.717, 1.165) is 43.9 Å². The summed E-state index contributed by atoms with van der Waals surface area (Å²) in [5.41, 5.74) is 1.86. The molecule has 0 unspecified atom stereocenters. The predicted molar refractivity (Wildman–Crippen MR) is 116 cm³/mol.